The lowest BCUT2D eigenvalue weighted by atomic mass is 9.85. The highest BCUT2D eigenvalue weighted by atomic mass is 19.1. The number of rotatable bonds is 20. The average molecular weight is 1080 g/mol. The maximum atomic E-state index is 14.7. The van der Waals surface area contributed by atoms with E-state index in [1.807, 2.05) is 53.1 Å². The van der Waals surface area contributed by atoms with Crippen molar-refractivity contribution < 1.29 is 38.6 Å². The number of unbranched alkanes of at least 4 members (excludes halogenated alkanes) is 2. The van der Waals surface area contributed by atoms with Crippen LogP contribution < -0.4 is 26.8 Å². The first-order valence-electron chi connectivity index (χ1n) is 27.5. The Morgan fingerprint density at radius 1 is 0.899 bits per heavy atom. The highest BCUT2D eigenvalue weighted by molar-refractivity contribution is 6.03. The molecule has 17 heteroatoms. The minimum atomic E-state index is -2.02. The number of aliphatic hydroxyl groups excluding tert-OH is 2. The van der Waals surface area contributed by atoms with Gasteiger partial charge >= 0.3 is 0 Å². The molecule has 0 radical (unpaired) electrons. The van der Waals surface area contributed by atoms with Crippen molar-refractivity contribution in [2.45, 2.75) is 147 Å². The van der Waals surface area contributed by atoms with Crippen molar-refractivity contribution in [1.29, 1.82) is 5.41 Å². The normalized spacial score (nSPS) is 19.6. The second-order valence-corrected chi connectivity index (χ2v) is 22.2. The number of alkyl halides is 1. The third-order valence-corrected chi connectivity index (χ3v) is 15.2. The van der Waals surface area contributed by atoms with E-state index in [0.717, 1.165) is 63.8 Å². The number of aliphatic hydroxyl groups is 2. The molecule has 1 unspecified atom stereocenters. The number of nitrogens with zero attached hydrogens (tertiary/aromatic N) is 4. The number of benzene rings is 3. The molecule has 5 amide bonds. The van der Waals surface area contributed by atoms with Gasteiger partial charge in [-0.05, 0) is 98.1 Å². The third kappa shape index (κ3) is 14.0. The van der Waals surface area contributed by atoms with Crippen LogP contribution in [0.2, 0.25) is 0 Å². The topological polar surface area (TPSA) is 224 Å². The largest absolute Gasteiger partial charge is 0.393 e. The van der Waals surface area contributed by atoms with E-state index in [4.69, 9.17) is 4.98 Å². The molecule has 1 aliphatic heterocycles. The van der Waals surface area contributed by atoms with Crippen LogP contribution >= 0.6 is 0 Å². The Kier molecular flexibility index (Phi) is 18.5. The van der Waals surface area contributed by atoms with E-state index in [1.54, 1.807) is 40.1 Å². The third-order valence-electron chi connectivity index (χ3n) is 15.2. The number of hydrogen-bond donors (Lipinski definition) is 7. The second-order valence-electron chi connectivity index (χ2n) is 22.2. The molecule has 7 N–H and O–H groups in total. The molecule has 0 spiro atoms. The van der Waals surface area contributed by atoms with Crippen LogP contribution in [-0.2, 0) is 30.5 Å². The van der Waals surface area contributed by atoms with Crippen molar-refractivity contribution in [2.75, 3.05) is 19.6 Å². The molecule has 4 atom stereocenters. The maximum absolute atomic E-state index is 14.7. The van der Waals surface area contributed by atoms with E-state index in [9.17, 15) is 44.0 Å². The van der Waals surface area contributed by atoms with Gasteiger partial charge in [0.15, 0.2) is 5.67 Å². The minimum Gasteiger partial charge on any atom is -0.393 e. The van der Waals surface area contributed by atoms with Gasteiger partial charge in [-0.25, -0.2) is 9.37 Å². The highest BCUT2D eigenvalue weighted by Crippen LogP contribution is 2.42. The molecule has 2 aliphatic carbocycles. The molecule has 16 nitrogen and oxygen atoms in total. The molecule has 79 heavy (non-hydrogen) atoms. The Labute approximate surface area is 461 Å². The van der Waals surface area contributed by atoms with Gasteiger partial charge in [0.25, 0.3) is 5.91 Å². The van der Waals surface area contributed by atoms with Crippen LogP contribution in [0, 0.1) is 22.7 Å². The number of allylic oxidation sites excluding steroid dienone is 1. The van der Waals surface area contributed by atoms with Crippen LogP contribution in [0.1, 0.15) is 115 Å². The van der Waals surface area contributed by atoms with Crippen molar-refractivity contribution in [1.82, 2.24) is 40.3 Å². The van der Waals surface area contributed by atoms with Crippen molar-refractivity contribution in [3.63, 3.8) is 0 Å². The van der Waals surface area contributed by atoms with Crippen LogP contribution in [0.15, 0.2) is 116 Å². The molecule has 3 heterocycles. The number of halogens is 1. The number of β-amino-alcohol motifs (C(OH)–C–C–N with tert-alkyl or cyclic N) is 1. The van der Waals surface area contributed by atoms with Crippen molar-refractivity contribution >= 4 is 40.6 Å². The Morgan fingerprint density at radius 2 is 1.59 bits per heavy atom. The first-order chi connectivity index (χ1) is 37.9. The number of hydrogen-bond acceptors (Lipinski definition) is 9. The summed E-state index contributed by atoms with van der Waals surface area (Å²) in [6.45, 7) is 11.1. The lowest BCUT2D eigenvalue weighted by Crippen LogP contribution is -2.59. The number of carbonyl (C=O) groups excluding carboxylic acids is 5. The molecule has 3 fully saturated rings. The van der Waals surface area contributed by atoms with Crippen molar-refractivity contribution in [3.05, 3.63) is 132 Å². The number of fused-ring (bicyclic) bond motifs is 1. The van der Waals surface area contributed by atoms with Crippen LogP contribution in [0.4, 0.5) is 4.39 Å². The van der Waals surface area contributed by atoms with Crippen LogP contribution in [-0.4, -0.2) is 114 Å². The fourth-order valence-corrected chi connectivity index (χ4v) is 10.7. The second kappa shape index (κ2) is 25.4. The van der Waals surface area contributed by atoms with Gasteiger partial charge < -0.3 is 45.5 Å². The number of amides is 5. The smallest absolute Gasteiger partial charge is 0.258 e. The van der Waals surface area contributed by atoms with Gasteiger partial charge in [0.2, 0.25) is 23.6 Å². The van der Waals surface area contributed by atoms with E-state index in [2.05, 4.69) is 80.7 Å². The zero-order valence-corrected chi connectivity index (χ0v) is 45.7. The summed E-state index contributed by atoms with van der Waals surface area (Å²) in [4.78, 5) is 72.9. The fourth-order valence-electron chi connectivity index (χ4n) is 10.7. The number of carbonyl (C=O) groups is 5. The molecule has 2 aromatic heterocycles. The Bertz CT molecular complexity index is 3200. The van der Waals surface area contributed by atoms with Gasteiger partial charge in [-0.1, -0.05) is 124 Å². The highest BCUT2D eigenvalue weighted by Gasteiger charge is 2.53. The summed E-state index contributed by atoms with van der Waals surface area (Å²) < 4.78 is 18.9. The van der Waals surface area contributed by atoms with Crippen molar-refractivity contribution in [2.24, 2.45) is 5.41 Å². The molecule has 416 valence electrons. The van der Waals surface area contributed by atoms with Crippen LogP contribution in [0.3, 0.4) is 0 Å². The van der Waals surface area contributed by atoms with Gasteiger partial charge in [-0.2, -0.15) is 0 Å². The lowest BCUT2D eigenvalue weighted by molar-refractivity contribution is -0.145. The Morgan fingerprint density at radius 3 is 2.25 bits per heavy atom. The van der Waals surface area contributed by atoms with Gasteiger partial charge in [-0.3, -0.25) is 29.4 Å². The SMILES string of the molecule is C=C/C(=C\C)[C@H](CC(=O)NCC(=O)NCCCCC#Cc1cccc(Cn2c(-c3ccccc3)c(-c3ccccc3)c3c(=N)n(C4CCC(O)CC4)cnc32)c1)NC(=O)[C@@H]1C[C@@H](O)CN1C(=O)C(NC(=O)C1(F)CC1)C(C)(C)C. The van der Waals surface area contributed by atoms with Crippen LogP contribution in [0.25, 0.3) is 33.4 Å². The van der Waals surface area contributed by atoms with Gasteiger partial charge in [0.05, 0.1) is 48.6 Å². The van der Waals surface area contributed by atoms with Gasteiger partial charge in [0.1, 0.15) is 23.2 Å². The quantitative estimate of drug-likeness (QED) is 0.0245. The molecule has 1 saturated heterocycles. The summed E-state index contributed by atoms with van der Waals surface area (Å²) in [5, 5.41) is 42.2. The van der Waals surface area contributed by atoms with E-state index in [0.29, 0.717) is 49.8 Å². The zero-order valence-electron chi connectivity index (χ0n) is 45.7. The summed E-state index contributed by atoms with van der Waals surface area (Å²) in [6.07, 6.45) is 8.37. The molecule has 0 bridgehead atoms. The predicted molar refractivity (Wildman–Crippen MR) is 301 cm³/mol. The minimum absolute atomic E-state index is 0.0675. The van der Waals surface area contributed by atoms with E-state index in [-0.39, 0.29) is 56.8 Å². The first kappa shape index (κ1) is 57.5. The van der Waals surface area contributed by atoms with Crippen molar-refractivity contribution in [3.8, 4) is 34.2 Å². The summed E-state index contributed by atoms with van der Waals surface area (Å²) in [7, 11) is 0. The zero-order chi connectivity index (χ0) is 56.4. The van der Waals surface area contributed by atoms with Gasteiger partial charge in [0, 0.05) is 49.6 Å². The van der Waals surface area contributed by atoms with E-state index in [1.165, 1.54) is 11.0 Å². The first-order valence-corrected chi connectivity index (χ1v) is 27.5. The molecule has 3 aromatic carbocycles. The monoisotopic (exact) mass is 1080 g/mol. The van der Waals surface area contributed by atoms with Gasteiger partial charge in [-0.15, -0.1) is 0 Å². The summed E-state index contributed by atoms with van der Waals surface area (Å²) in [5.41, 5.74) is 4.60. The molecule has 2 saturated carbocycles. The maximum Gasteiger partial charge on any atom is 0.258 e. The summed E-state index contributed by atoms with van der Waals surface area (Å²) in [6, 6.07) is 25.5. The predicted octanol–water partition coefficient (Wildman–Crippen LogP) is 6.93. The molecular weight excluding hydrogens is 1000 g/mol. The fraction of sp³-hybridized carbons (Fsp3) is 0.435. The summed E-state index contributed by atoms with van der Waals surface area (Å²) >= 11 is 0. The molecular formula is C62H74FN9O7. The van der Waals surface area contributed by atoms with E-state index >= 15 is 0 Å². The molecule has 3 aliphatic rings. The van der Waals surface area contributed by atoms with Crippen LogP contribution in [0.5, 0.6) is 0 Å². The number of likely N-dealkylation sites (tertiary alicyclic amines) is 1. The van der Waals surface area contributed by atoms with E-state index < -0.39 is 58.9 Å². The number of aromatic nitrogens is 3. The average Bonchev–Trinajstić information content (AvgIpc) is 4.18. The standard InChI is InChI=1S/C62H74FN9O7/c1-6-42(7-2)48(68-58(77)49-34-47(74)38-70(49)59(78)55(61(3,4)5)69-60(79)62(63)30-31-62)35-50(75)66-36-51(76)65-32-17-9-8-12-19-40-20-18-21-41(33-40)37-71-54(44-24-15-11-16-25-44)52(43-22-13-10-14-23-43)53-56(64)72(39-67-57(53)71)45-26-28-46(73)29-27-45/h6-7,10-11,13-16,18,20-25,33,39,45-49,55,64,73-74H,1,8-9,17,26-32,34-38H2,2-5H3,(H,65,76)(H,66,75)(H,68,77)(H,69,79)/b42-7+,64-56?/t45?,46?,47-,48+,49+,55?/m1/s1. The number of nitrogens with one attached hydrogen (secondary N) is 5. The Balaban J connectivity index is 0.844. The lowest BCUT2D eigenvalue weighted by Gasteiger charge is -2.36. The molecule has 5 aromatic rings. The Hall–Kier alpha value is -7.68. The summed E-state index contributed by atoms with van der Waals surface area (Å²) in [5.74, 6) is 3.55. The molecule has 8 rings (SSSR count).